The molecule has 0 N–H and O–H groups in total. The second kappa shape index (κ2) is 9.24. The zero-order chi connectivity index (χ0) is 15.7. The van der Waals surface area contributed by atoms with E-state index in [1.54, 1.807) is 23.1 Å². The fourth-order valence-corrected chi connectivity index (χ4v) is 2.15. The lowest BCUT2D eigenvalue weighted by atomic mass is 10.2. The van der Waals surface area contributed by atoms with Crippen LogP contribution < -0.4 is 4.74 Å². The van der Waals surface area contributed by atoms with E-state index in [0.29, 0.717) is 37.6 Å². The molecule has 0 fully saturated rings. The van der Waals surface area contributed by atoms with E-state index in [1.165, 1.54) is 0 Å². The van der Waals surface area contributed by atoms with Gasteiger partial charge in [0.25, 0.3) is 0 Å². The van der Waals surface area contributed by atoms with Crippen LogP contribution >= 0.6 is 11.6 Å². The third-order valence-corrected chi connectivity index (χ3v) is 3.22. The van der Waals surface area contributed by atoms with E-state index < -0.39 is 0 Å². The van der Waals surface area contributed by atoms with Crippen LogP contribution in [0.3, 0.4) is 0 Å². The van der Waals surface area contributed by atoms with Crippen LogP contribution in [0.5, 0.6) is 5.75 Å². The van der Waals surface area contributed by atoms with Crippen LogP contribution in [0, 0.1) is 6.92 Å². The summed E-state index contributed by atoms with van der Waals surface area (Å²) >= 11 is 5.89. The minimum Gasteiger partial charge on any atom is -0.493 e. The van der Waals surface area contributed by atoms with E-state index >= 15 is 0 Å². The number of nitrogens with zero attached hydrogens (tertiary/aromatic N) is 1. The monoisotopic (exact) mass is 307 g/mol. The maximum atomic E-state index is 12.0. The highest BCUT2D eigenvalue weighted by atomic mass is 35.5. The first-order valence-electron chi connectivity index (χ1n) is 6.97. The van der Waals surface area contributed by atoms with Gasteiger partial charge < -0.3 is 9.64 Å². The molecule has 21 heavy (non-hydrogen) atoms. The van der Waals surface area contributed by atoms with E-state index in [9.17, 15) is 4.79 Å². The number of hydrogen-bond donors (Lipinski definition) is 0. The Bertz CT molecular complexity index is 490. The maximum Gasteiger partial charge on any atom is 0.223 e. The standard InChI is InChI=1S/C17H22ClNO2/c1-4-10-19(11-5-2)17(20)7-6-12-21-16-9-8-15(18)13-14(16)3/h4-5,8-9,13H,1-2,6-7,10-12H2,3H3. The number of aryl methyl sites for hydroxylation is 1. The molecule has 0 spiro atoms. The largest absolute Gasteiger partial charge is 0.493 e. The highest BCUT2D eigenvalue weighted by molar-refractivity contribution is 6.30. The number of halogens is 1. The van der Waals surface area contributed by atoms with E-state index in [4.69, 9.17) is 16.3 Å². The van der Waals surface area contributed by atoms with Gasteiger partial charge in [-0.1, -0.05) is 23.8 Å². The highest BCUT2D eigenvalue weighted by Gasteiger charge is 2.10. The molecule has 4 heteroatoms. The number of ether oxygens (including phenoxy) is 1. The van der Waals surface area contributed by atoms with E-state index in [0.717, 1.165) is 11.3 Å². The third kappa shape index (κ3) is 6.05. The number of hydrogen-bond acceptors (Lipinski definition) is 2. The predicted octanol–water partition coefficient (Wildman–Crippen LogP) is 4.01. The van der Waals surface area contributed by atoms with Crippen LogP contribution in [0.1, 0.15) is 18.4 Å². The van der Waals surface area contributed by atoms with Crippen molar-refractivity contribution in [2.45, 2.75) is 19.8 Å². The summed E-state index contributed by atoms with van der Waals surface area (Å²) in [5, 5.41) is 0.694. The Morgan fingerprint density at radius 2 is 2.00 bits per heavy atom. The first-order chi connectivity index (χ1) is 10.1. The Hall–Kier alpha value is -1.74. The average Bonchev–Trinajstić information content (AvgIpc) is 2.45. The SMILES string of the molecule is C=CCN(CC=C)C(=O)CCCOc1ccc(Cl)cc1C. The summed E-state index contributed by atoms with van der Waals surface area (Å²) in [4.78, 5) is 13.7. The summed E-state index contributed by atoms with van der Waals surface area (Å²) in [6, 6.07) is 5.50. The molecule has 1 rings (SSSR count). The molecule has 1 aromatic carbocycles. The van der Waals surface area contributed by atoms with E-state index in [-0.39, 0.29) is 5.91 Å². The second-order valence-electron chi connectivity index (χ2n) is 4.74. The van der Waals surface area contributed by atoms with Gasteiger partial charge in [0.2, 0.25) is 5.91 Å². The van der Waals surface area contributed by atoms with Crippen LogP contribution in [0.15, 0.2) is 43.5 Å². The molecule has 0 heterocycles. The minimum atomic E-state index is 0.0891. The summed E-state index contributed by atoms with van der Waals surface area (Å²) in [6.07, 6.45) is 4.56. The van der Waals surface area contributed by atoms with Crippen LogP contribution in [0.4, 0.5) is 0 Å². The molecule has 0 saturated carbocycles. The van der Waals surface area contributed by atoms with Crippen molar-refractivity contribution in [3.05, 3.63) is 54.1 Å². The lowest BCUT2D eigenvalue weighted by molar-refractivity contribution is -0.130. The fraction of sp³-hybridized carbons (Fsp3) is 0.353. The van der Waals surface area contributed by atoms with E-state index in [2.05, 4.69) is 13.2 Å². The van der Waals surface area contributed by atoms with Crippen LogP contribution in [-0.4, -0.2) is 30.5 Å². The average molecular weight is 308 g/mol. The number of carbonyl (C=O) groups excluding carboxylic acids is 1. The molecule has 3 nitrogen and oxygen atoms in total. The van der Waals surface area contributed by atoms with Crippen molar-refractivity contribution in [3.8, 4) is 5.75 Å². The molecule has 0 unspecified atom stereocenters. The van der Waals surface area contributed by atoms with Gasteiger partial charge >= 0.3 is 0 Å². The first-order valence-corrected chi connectivity index (χ1v) is 7.34. The molecule has 0 aromatic heterocycles. The molecular formula is C17H22ClNO2. The minimum absolute atomic E-state index is 0.0891. The Morgan fingerprint density at radius 1 is 1.33 bits per heavy atom. The van der Waals surface area contributed by atoms with Gasteiger partial charge in [-0.2, -0.15) is 0 Å². The lowest BCUT2D eigenvalue weighted by Gasteiger charge is -2.19. The van der Waals surface area contributed by atoms with Crippen molar-refractivity contribution >= 4 is 17.5 Å². The number of carbonyl (C=O) groups is 1. The molecule has 0 bridgehead atoms. The fourth-order valence-electron chi connectivity index (χ4n) is 1.93. The van der Waals surface area contributed by atoms with Crippen LogP contribution in [-0.2, 0) is 4.79 Å². The Balaban J connectivity index is 2.37. The normalized spacial score (nSPS) is 10.0. The lowest BCUT2D eigenvalue weighted by Crippen LogP contribution is -2.31. The topological polar surface area (TPSA) is 29.5 Å². The Kier molecular flexibility index (Phi) is 7.62. The van der Waals surface area contributed by atoms with Crippen molar-refractivity contribution in [2.24, 2.45) is 0 Å². The zero-order valence-corrected chi connectivity index (χ0v) is 13.2. The maximum absolute atomic E-state index is 12.0. The van der Waals surface area contributed by atoms with Gasteiger partial charge in [0, 0.05) is 24.5 Å². The van der Waals surface area contributed by atoms with Gasteiger partial charge in [-0.25, -0.2) is 0 Å². The van der Waals surface area contributed by atoms with Crippen molar-refractivity contribution in [1.29, 1.82) is 0 Å². The van der Waals surface area contributed by atoms with Gasteiger partial charge in [0.1, 0.15) is 5.75 Å². The highest BCUT2D eigenvalue weighted by Crippen LogP contribution is 2.21. The summed E-state index contributed by atoms with van der Waals surface area (Å²) in [5.74, 6) is 0.895. The van der Waals surface area contributed by atoms with Gasteiger partial charge in [0.15, 0.2) is 0 Å². The van der Waals surface area contributed by atoms with E-state index in [1.807, 2.05) is 19.1 Å². The molecule has 0 aliphatic heterocycles. The third-order valence-electron chi connectivity index (χ3n) is 2.98. The quantitative estimate of drug-likeness (QED) is 0.509. The smallest absolute Gasteiger partial charge is 0.223 e. The van der Waals surface area contributed by atoms with Crippen molar-refractivity contribution in [2.75, 3.05) is 19.7 Å². The summed E-state index contributed by atoms with van der Waals surface area (Å²) < 4.78 is 5.67. The molecule has 0 atom stereocenters. The summed E-state index contributed by atoms with van der Waals surface area (Å²) in [5.41, 5.74) is 0.994. The Labute approximate surface area is 131 Å². The molecule has 114 valence electrons. The molecular weight excluding hydrogens is 286 g/mol. The zero-order valence-electron chi connectivity index (χ0n) is 12.5. The summed E-state index contributed by atoms with van der Waals surface area (Å²) in [7, 11) is 0. The van der Waals surface area contributed by atoms with Gasteiger partial charge in [0.05, 0.1) is 6.61 Å². The molecule has 1 amide bonds. The van der Waals surface area contributed by atoms with Crippen molar-refractivity contribution in [1.82, 2.24) is 4.90 Å². The molecule has 0 aliphatic rings. The number of amides is 1. The summed E-state index contributed by atoms with van der Waals surface area (Å²) in [6.45, 7) is 10.8. The first kappa shape index (κ1) is 17.3. The van der Waals surface area contributed by atoms with Gasteiger partial charge in [-0.15, -0.1) is 13.2 Å². The number of benzene rings is 1. The molecule has 1 aromatic rings. The Morgan fingerprint density at radius 3 is 2.57 bits per heavy atom. The van der Waals surface area contributed by atoms with Crippen molar-refractivity contribution in [3.63, 3.8) is 0 Å². The molecule has 0 radical (unpaired) electrons. The van der Waals surface area contributed by atoms with Crippen molar-refractivity contribution < 1.29 is 9.53 Å². The van der Waals surface area contributed by atoms with Crippen LogP contribution in [0.2, 0.25) is 5.02 Å². The predicted molar refractivity (Wildman–Crippen MR) is 87.9 cm³/mol. The second-order valence-corrected chi connectivity index (χ2v) is 5.17. The molecule has 0 saturated heterocycles. The van der Waals surface area contributed by atoms with Gasteiger partial charge in [-0.05, 0) is 37.1 Å². The van der Waals surface area contributed by atoms with Crippen LogP contribution in [0.25, 0.3) is 0 Å². The molecule has 0 aliphatic carbocycles. The van der Waals surface area contributed by atoms with Gasteiger partial charge in [-0.3, -0.25) is 4.79 Å². The number of rotatable bonds is 9.